The molecule has 26 heavy (non-hydrogen) atoms. The van der Waals surface area contributed by atoms with Crippen molar-refractivity contribution in [2.24, 2.45) is 4.99 Å². The maximum Gasteiger partial charge on any atom is 0.174 e. The van der Waals surface area contributed by atoms with Crippen LogP contribution in [0.25, 0.3) is 0 Å². The summed E-state index contributed by atoms with van der Waals surface area (Å²) in [6.45, 7) is 2.58. The van der Waals surface area contributed by atoms with E-state index in [0.717, 1.165) is 26.1 Å². The van der Waals surface area contributed by atoms with E-state index < -0.39 is 0 Å². The lowest BCUT2D eigenvalue weighted by molar-refractivity contribution is 0.282. The first-order chi connectivity index (χ1) is 12.7. The van der Waals surface area contributed by atoms with Crippen LogP contribution in [0.4, 0.5) is 5.69 Å². The Bertz CT molecular complexity index is 890. The molecule has 0 radical (unpaired) electrons. The second kappa shape index (κ2) is 8.85. The van der Waals surface area contributed by atoms with Crippen molar-refractivity contribution in [3.63, 3.8) is 0 Å². The Morgan fingerprint density at radius 1 is 1.00 bits per heavy atom. The van der Waals surface area contributed by atoms with Gasteiger partial charge in [0.05, 0.1) is 16.4 Å². The van der Waals surface area contributed by atoms with Crippen LogP contribution in [-0.4, -0.2) is 13.3 Å². The molecule has 0 aromatic heterocycles. The third-order valence-corrected chi connectivity index (χ3v) is 4.68. The predicted molar refractivity (Wildman–Crippen MR) is 115 cm³/mol. The van der Waals surface area contributed by atoms with Crippen molar-refractivity contribution in [2.45, 2.75) is 13.5 Å². The maximum absolute atomic E-state index is 6.03. The van der Waals surface area contributed by atoms with Crippen molar-refractivity contribution < 1.29 is 9.47 Å². The summed E-state index contributed by atoms with van der Waals surface area (Å²) in [4.78, 5) is 4.50. The number of rotatable bonds is 6. The molecular weight excluding hydrogens is 437 g/mol. The highest BCUT2D eigenvalue weighted by Gasteiger charge is 2.11. The number of halogens is 1. The van der Waals surface area contributed by atoms with Crippen molar-refractivity contribution in [3.8, 4) is 11.5 Å². The molecule has 0 bridgehead atoms. The summed E-state index contributed by atoms with van der Waals surface area (Å²) in [6.07, 6.45) is 1.84. The van der Waals surface area contributed by atoms with Gasteiger partial charge in [0.25, 0.3) is 0 Å². The fourth-order valence-corrected chi connectivity index (χ4v) is 3.24. The molecule has 0 aliphatic heterocycles. The molecule has 0 amide bonds. The van der Waals surface area contributed by atoms with Gasteiger partial charge in [-0.3, -0.25) is 4.99 Å². The zero-order valence-electron chi connectivity index (χ0n) is 14.8. The molecule has 0 saturated heterocycles. The van der Waals surface area contributed by atoms with Crippen LogP contribution < -0.4 is 9.47 Å². The molecule has 0 fully saturated rings. The van der Waals surface area contributed by atoms with Crippen molar-refractivity contribution in [1.29, 1.82) is 0 Å². The molecule has 4 heteroatoms. The van der Waals surface area contributed by atoms with Crippen LogP contribution in [0.2, 0.25) is 0 Å². The summed E-state index contributed by atoms with van der Waals surface area (Å²) in [5.74, 6) is 1.46. The molecule has 0 N–H and O–H groups in total. The number of ether oxygens (including phenoxy) is 2. The largest absolute Gasteiger partial charge is 0.493 e. The highest BCUT2D eigenvalue weighted by Crippen LogP contribution is 2.34. The zero-order chi connectivity index (χ0) is 18.4. The Balaban J connectivity index is 1.78. The molecule has 3 rings (SSSR count). The molecular formula is C22H20INO2. The number of para-hydroxylation sites is 1. The summed E-state index contributed by atoms with van der Waals surface area (Å²) in [7, 11) is 1.66. The van der Waals surface area contributed by atoms with Gasteiger partial charge >= 0.3 is 0 Å². The fourth-order valence-electron chi connectivity index (χ4n) is 2.46. The highest BCUT2D eigenvalue weighted by molar-refractivity contribution is 14.1. The Kier molecular flexibility index (Phi) is 6.28. The number of benzene rings is 3. The first kappa shape index (κ1) is 18.5. The van der Waals surface area contributed by atoms with E-state index >= 15 is 0 Å². The van der Waals surface area contributed by atoms with Gasteiger partial charge in [0.15, 0.2) is 11.5 Å². The lowest BCUT2D eigenvalue weighted by Gasteiger charge is -2.13. The standard InChI is InChI=1S/C22H20INO2/c1-16-8-10-17(11-9-16)15-26-22-20(23)12-18(13-21(22)25-2)14-24-19-6-4-3-5-7-19/h3-14H,15H2,1-2H3. The van der Waals surface area contributed by atoms with Gasteiger partial charge in [0, 0.05) is 6.21 Å². The van der Waals surface area contributed by atoms with Crippen LogP contribution in [0.3, 0.4) is 0 Å². The summed E-state index contributed by atoms with van der Waals surface area (Å²) in [6, 6.07) is 22.2. The average Bonchev–Trinajstić information content (AvgIpc) is 2.67. The maximum atomic E-state index is 6.03. The van der Waals surface area contributed by atoms with E-state index in [4.69, 9.17) is 9.47 Å². The van der Waals surface area contributed by atoms with Crippen LogP contribution in [0.15, 0.2) is 71.7 Å². The van der Waals surface area contributed by atoms with Gasteiger partial charge in [-0.1, -0.05) is 48.0 Å². The minimum atomic E-state index is 0.504. The quantitative estimate of drug-likeness (QED) is 0.339. The average molecular weight is 457 g/mol. The van der Waals surface area contributed by atoms with Crippen molar-refractivity contribution in [2.75, 3.05) is 7.11 Å². The number of aliphatic imine (C=N–C) groups is 1. The van der Waals surface area contributed by atoms with Crippen molar-refractivity contribution in [3.05, 3.63) is 87.0 Å². The third kappa shape index (κ3) is 4.85. The van der Waals surface area contributed by atoms with Crippen molar-refractivity contribution in [1.82, 2.24) is 0 Å². The molecule has 132 valence electrons. The van der Waals surface area contributed by atoms with Gasteiger partial charge in [0.2, 0.25) is 0 Å². The smallest absolute Gasteiger partial charge is 0.174 e. The first-order valence-corrected chi connectivity index (χ1v) is 9.38. The lowest BCUT2D eigenvalue weighted by atomic mass is 10.1. The molecule has 0 aliphatic carbocycles. The minimum Gasteiger partial charge on any atom is -0.493 e. The Morgan fingerprint density at radius 2 is 1.73 bits per heavy atom. The molecule has 3 aromatic carbocycles. The van der Waals surface area contributed by atoms with Gasteiger partial charge in [-0.2, -0.15) is 0 Å². The van der Waals surface area contributed by atoms with Gasteiger partial charge in [-0.25, -0.2) is 0 Å². The van der Waals surface area contributed by atoms with E-state index in [2.05, 4.69) is 58.8 Å². The third-order valence-electron chi connectivity index (χ3n) is 3.87. The first-order valence-electron chi connectivity index (χ1n) is 8.30. The van der Waals surface area contributed by atoms with Crippen LogP contribution in [0.5, 0.6) is 11.5 Å². The SMILES string of the molecule is COc1cc(C=Nc2ccccc2)cc(I)c1OCc1ccc(C)cc1. The molecule has 3 nitrogen and oxygen atoms in total. The summed E-state index contributed by atoms with van der Waals surface area (Å²) < 4.78 is 12.5. The Labute approximate surface area is 167 Å². The minimum absolute atomic E-state index is 0.504. The summed E-state index contributed by atoms with van der Waals surface area (Å²) in [5.41, 5.74) is 4.25. The molecule has 0 spiro atoms. The van der Waals surface area contributed by atoms with Gasteiger partial charge in [-0.05, 0) is 64.9 Å². The number of aryl methyl sites for hydroxylation is 1. The Morgan fingerprint density at radius 3 is 2.42 bits per heavy atom. The fraction of sp³-hybridized carbons (Fsp3) is 0.136. The molecule has 0 saturated carbocycles. The molecule has 0 aliphatic rings. The van der Waals surface area contributed by atoms with E-state index in [0.29, 0.717) is 12.4 Å². The van der Waals surface area contributed by atoms with Crippen LogP contribution in [0.1, 0.15) is 16.7 Å². The summed E-state index contributed by atoms with van der Waals surface area (Å²) in [5, 5.41) is 0. The van der Waals surface area contributed by atoms with Crippen LogP contribution in [0, 0.1) is 10.5 Å². The van der Waals surface area contributed by atoms with E-state index in [1.165, 1.54) is 5.56 Å². The van der Waals surface area contributed by atoms with Crippen LogP contribution >= 0.6 is 22.6 Å². The van der Waals surface area contributed by atoms with Gasteiger partial charge in [-0.15, -0.1) is 0 Å². The number of hydrogen-bond acceptors (Lipinski definition) is 3. The number of nitrogens with zero attached hydrogens (tertiary/aromatic N) is 1. The van der Waals surface area contributed by atoms with Crippen LogP contribution in [-0.2, 0) is 6.61 Å². The summed E-state index contributed by atoms with van der Waals surface area (Å²) >= 11 is 2.27. The second-order valence-corrected chi connectivity index (χ2v) is 7.06. The number of methoxy groups -OCH3 is 1. The van der Waals surface area contributed by atoms with E-state index in [1.807, 2.05) is 48.7 Å². The molecule has 0 atom stereocenters. The second-order valence-electron chi connectivity index (χ2n) is 5.90. The van der Waals surface area contributed by atoms with E-state index in [1.54, 1.807) is 7.11 Å². The highest BCUT2D eigenvalue weighted by atomic mass is 127. The molecule has 3 aromatic rings. The lowest BCUT2D eigenvalue weighted by Crippen LogP contribution is -2.00. The molecule has 0 heterocycles. The van der Waals surface area contributed by atoms with Gasteiger partial charge in [0.1, 0.15) is 6.61 Å². The normalized spacial score (nSPS) is 10.9. The van der Waals surface area contributed by atoms with Gasteiger partial charge < -0.3 is 9.47 Å². The van der Waals surface area contributed by atoms with E-state index in [-0.39, 0.29) is 0 Å². The number of hydrogen-bond donors (Lipinski definition) is 0. The van der Waals surface area contributed by atoms with E-state index in [9.17, 15) is 0 Å². The zero-order valence-corrected chi connectivity index (χ0v) is 16.9. The van der Waals surface area contributed by atoms with Crippen molar-refractivity contribution >= 4 is 34.5 Å². The predicted octanol–water partition coefficient (Wildman–Crippen LogP) is 5.94. The Hall–Kier alpha value is -2.34. The monoisotopic (exact) mass is 457 g/mol. The topological polar surface area (TPSA) is 30.8 Å². The molecule has 0 unspecified atom stereocenters.